The Morgan fingerprint density at radius 3 is 2.36 bits per heavy atom. The average molecular weight is 296 g/mol. The van der Waals surface area contributed by atoms with Crippen molar-refractivity contribution in [2.75, 3.05) is 0 Å². The Morgan fingerprint density at radius 1 is 1.09 bits per heavy atom. The number of aryl methyl sites for hydroxylation is 1. The summed E-state index contributed by atoms with van der Waals surface area (Å²) >= 11 is 0. The molecule has 2 aromatic carbocycles. The summed E-state index contributed by atoms with van der Waals surface area (Å²) in [6.07, 6.45) is 0. The molecule has 0 fully saturated rings. The molecule has 0 spiro atoms. The molecule has 0 aliphatic carbocycles. The first-order valence-corrected chi connectivity index (χ1v) is 7.66. The summed E-state index contributed by atoms with van der Waals surface area (Å²) in [7, 11) is 0. The number of nitrogens with two attached hydrogens (primary N) is 1. The summed E-state index contributed by atoms with van der Waals surface area (Å²) in [5.41, 5.74) is 10.5. The predicted molar refractivity (Wildman–Crippen MR) is 91.3 cm³/mol. The number of benzene rings is 2. The van der Waals surface area contributed by atoms with Crippen LogP contribution in [0.1, 0.15) is 25.0 Å². The summed E-state index contributed by atoms with van der Waals surface area (Å²) < 4.78 is 0. The maximum absolute atomic E-state index is 11.9. The lowest BCUT2D eigenvalue weighted by atomic mass is 10.0. The molecule has 1 atom stereocenters. The molecule has 0 aliphatic heterocycles. The van der Waals surface area contributed by atoms with Crippen LogP contribution in [-0.2, 0) is 11.3 Å². The van der Waals surface area contributed by atoms with Crippen LogP contribution in [0.4, 0.5) is 0 Å². The summed E-state index contributed by atoms with van der Waals surface area (Å²) in [6, 6.07) is 16.2. The van der Waals surface area contributed by atoms with Crippen molar-refractivity contribution in [3.05, 3.63) is 59.7 Å². The van der Waals surface area contributed by atoms with Gasteiger partial charge < -0.3 is 11.1 Å². The van der Waals surface area contributed by atoms with E-state index in [4.69, 9.17) is 5.73 Å². The van der Waals surface area contributed by atoms with Gasteiger partial charge in [-0.05, 0) is 35.6 Å². The molecule has 116 valence electrons. The fourth-order valence-electron chi connectivity index (χ4n) is 2.30. The third-order valence-electron chi connectivity index (χ3n) is 3.77. The van der Waals surface area contributed by atoms with E-state index < -0.39 is 6.04 Å². The highest BCUT2D eigenvalue weighted by Gasteiger charge is 2.16. The smallest absolute Gasteiger partial charge is 0.237 e. The zero-order chi connectivity index (χ0) is 16.1. The minimum Gasteiger partial charge on any atom is -0.351 e. The number of carbonyl (C=O) groups excluding carboxylic acids is 1. The standard InChI is InChI=1S/C19H24N2O/c1-13(2)18(20)19(22)21-12-15-7-5-9-17(11-15)16-8-4-6-14(3)10-16/h4-11,13,18H,12,20H2,1-3H3,(H,21,22)/t18-/m0/s1. The molecule has 3 nitrogen and oxygen atoms in total. The van der Waals surface area contributed by atoms with E-state index in [1.807, 2.05) is 26.0 Å². The number of hydrogen-bond acceptors (Lipinski definition) is 2. The molecule has 0 heterocycles. The monoisotopic (exact) mass is 296 g/mol. The summed E-state index contributed by atoms with van der Waals surface area (Å²) in [5.74, 6) is 0.0367. The van der Waals surface area contributed by atoms with Crippen molar-refractivity contribution in [3.8, 4) is 11.1 Å². The third-order valence-corrected chi connectivity index (χ3v) is 3.77. The van der Waals surface area contributed by atoms with Crippen LogP contribution in [0.3, 0.4) is 0 Å². The van der Waals surface area contributed by atoms with Crippen molar-refractivity contribution in [2.45, 2.75) is 33.4 Å². The van der Waals surface area contributed by atoms with Crippen molar-refractivity contribution in [1.82, 2.24) is 5.32 Å². The van der Waals surface area contributed by atoms with Crippen molar-refractivity contribution in [1.29, 1.82) is 0 Å². The number of carbonyl (C=O) groups is 1. The molecule has 3 heteroatoms. The predicted octanol–water partition coefficient (Wildman–Crippen LogP) is 3.26. The number of hydrogen-bond donors (Lipinski definition) is 2. The molecule has 0 radical (unpaired) electrons. The molecule has 0 saturated heterocycles. The van der Waals surface area contributed by atoms with E-state index in [1.165, 1.54) is 11.1 Å². The highest BCUT2D eigenvalue weighted by Crippen LogP contribution is 2.21. The highest BCUT2D eigenvalue weighted by molar-refractivity contribution is 5.81. The van der Waals surface area contributed by atoms with Gasteiger partial charge in [0.15, 0.2) is 0 Å². The number of rotatable bonds is 5. The first-order valence-electron chi connectivity index (χ1n) is 7.66. The Bertz CT molecular complexity index is 649. The van der Waals surface area contributed by atoms with Gasteiger partial charge in [0.1, 0.15) is 0 Å². The molecular formula is C19H24N2O. The van der Waals surface area contributed by atoms with Gasteiger partial charge in [0.05, 0.1) is 6.04 Å². The minimum atomic E-state index is -0.458. The van der Waals surface area contributed by atoms with Gasteiger partial charge in [-0.25, -0.2) is 0 Å². The lowest BCUT2D eigenvalue weighted by Crippen LogP contribution is -2.43. The van der Waals surface area contributed by atoms with Crippen molar-refractivity contribution in [3.63, 3.8) is 0 Å². The van der Waals surface area contributed by atoms with Crippen molar-refractivity contribution >= 4 is 5.91 Å². The molecule has 0 unspecified atom stereocenters. The van der Waals surface area contributed by atoms with E-state index in [-0.39, 0.29) is 11.8 Å². The topological polar surface area (TPSA) is 55.1 Å². The van der Waals surface area contributed by atoms with Crippen LogP contribution < -0.4 is 11.1 Å². The largest absolute Gasteiger partial charge is 0.351 e. The Hall–Kier alpha value is -2.13. The van der Waals surface area contributed by atoms with E-state index in [0.717, 1.165) is 11.1 Å². The van der Waals surface area contributed by atoms with E-state index in [2.05, 4.69) is 48.6 Å². The summed E-state index contributed by atoms with van der Waals surface area (Å²) in [6.45, 7) is 6.48. The van der Waals surface area contributed by atoms with Crippen molar-refractivity contribution in [2.24, 2.45) is 11.7 Å². The third kappa shape index (κ3) is 4.18. The fourth-order valence-corrected chi connectivity index (χ4v) is 2.30. The molecule has 1 amide bonds. The Kier molecular flexibility index (Phi) is 5.34. The first kappa shape index (κ1) is 16.2. The van der Waals surface area contributed by atoms with Crippen LogP contribution in [0.5, 0.6) is 0 Å². The van der Waals surface area contributed by atoms with E-state index in [0.29, 0.717) is 6.54 Å². The van der Waals surface area contributed by atoms with Crippen LogP contribution in [0.25, 0.3) is 11.1 Å². The van der Waals surface area contributed by atoms with Gasteiger partial charge >= 0.3 is 0 Å². The van der Waals surface area contributed by atoms with E-state index in [9.17, 15) is 4.79 Å². The van der Waals surface area contributed by atoms with E-state index >= 15 is 0 Å². The molecule has 0 bridgehead atoms. The second kappa shape index (κ2) is 7.23. The summed E-state index contributed by atoms with van der Waals surface area (Å²) in [5, 5.41) is 2.91. The van der Waals surface area contributed by atoms with Crippen LogP contribution in [-0.4, -0.2) is 11.9 Å². The van der Waals surface area contributed by atoms with Gasteiger partial charge in [-0.2, -0.15) is 0 Å². The number of nitrogens with one attached hydrogen (secondary N) is 1. The van der Waals surface area contributed by atoms with Gasteiger partial charge in [0, 0.05) is 6.54 Å². The molecule has 2 aromatic rings. The Morgan fingerprint density at radius 2 is 1.73 bits per heavy atom. The average Bonchev–Trinajstić information content (AvgIpc) is 2.52. The quantitative estimate of drug-likeness (QED) is 0.890. The highest BCUT2D eigenvalue weighted by atomic mass is 16.2. The maximum Gasteiger partial charge on any atom is 0.237 e. The Labute approximate surface area is 132 Å². The fraction of sp³-hybridized carbons (Fsp3) is 0.316. The van der Waals surface area contributed by atoms with Crippen LogP contribution in [0.2, 0.25) is 0 Å². The maximum atomic E-state index is 11.9. The lowest BCUT2D eigenvalue weighted by Gasteiger charge is -2.15. The van der Waals surface area contributed by atoms with Gasteiger partial charge in [-0.15, -0.1) is 0 Å². The first-order chi connectivity index (χ1) is 10.5. The number of amides is 1. The van der Waals surface area contributed by atoms with Gasteiger partial charge in [-0.3, -0.25) is 4.79 Å². The van der Waals surface area contributed by atoms with Gasteiger partial charge in [-0.1, -0.05) is 61.9 Å². The van der Waals surface area contributed by atoms with Crippen molar-refractivity contribution < 1.29 is 4.79 Å². The molecule has 2 rings (SSSR count). The van der Waals surface area contributed by atoms with Gasteiger partial charge in [0.25, 0.3) is 0 Å². The normalized spacial score (nSPS) is 12.2. The second-order valence-corrected chi connectivity index (χ2v) is 6.06. The SMILES string of the molecule is Cc1cccc(-c2cccc(CNC(=O)[C@@H](N)C(C)C)c2)c1. The second-order valence-electron chi connectivity index (χ2n) is 6.06. The molecule has 0 aromatic heterocycles. The zero-order valence-electron chi connectivity index (χ0n) is 13.5. The molecule has 22 heavy (non-hydrogen) atoms. The lowest BCUT2D eigenvalue weighted by molar-refractivity contribution is -0.123. The molecule has 0 saturated carbocycles. The summed E-state index contributed by atoms with van der Waals surface area (Å²) in [4.78, 5) is 11.9. The van der Waals surface area contributed by atoms with Crippen LogP contribution in [0, 0.1) is 12.8 Å². The Balaban J connectivity index is 2.08. The van der Waals surface area contributed by atoms with Gasteiger partial charge in [0.2, 0.25) is 5.91 Å². The molecular weight excluding hydrogens is 272 g/mol. The molecule has 0 aliphatic rings. The minimum absolute atomic E-state index is 0.101. The van der Waals surface area contributed by atoms with Crippen LogP contribution >= 0.6 is 0 Å². The van der Waals surface area contributed by atoms with Crippen LogP contribution in [0.15, 0.2) is 48.5 Å². The molecule has 3 N–H and O–H groups in total. The zero-order valence-corrected chi connectivity index (χ0v) is 13.5. The van der Waals surface area contributed by atoms with E-state index in [1.54, 1.807) is 0 Å².